The van der Waals surface area contributed by atoms with E-state index in [2.05, 4.69) is 10.3 Å². The summed E-state index contributed by atoms with van der Waals surface area (Å²) in [7, 11) is -0.816. The van der Waals surface area contributed by atoms with Gasteiger partial charge in [-0.2, -0.15) is 0 Å². The molecule has 0 saturated carbocycles. The van der Waals surface area contributed by atoms with Gasteiger partial charge in [-0.15, -0.1) is 0 Å². The van der Waals surface area contributed by atoms with Gasteiger partial charge in [-0.25, -0.2) is 4.99 Å². The summed E-state index contributed by atoms with van der Waals surface area (Å²) in [6.07, 6.45) is 3.34. The van der Waals surface area contributed by atoms with Gasteiger partial charge in [0.25, 0.3) is 0 Å². The second-order valence-corrected chi connectivity index (χ2v) is 3.42. The molecule has 0 saturated heterocycles. The Morgan fingerprint density at radius 3 is 3.40 bits per heavy atom. The van der Waals surface area contributed by atoms with Crippen LogP contribution < -0.4 is 5.32 Å². The molecule has 4 heteroatoms. The van der Waals surface area contributed by atoms with Crippen molar-refractivity contribution in [2.45, 2.75) is 0 Å². The van der Waals surface area contributed by atoms with Crippen LogP contribution in [0.4, 0.5) is 0 Å². The molecule has 1 N–H and O–H groups in total. The van der Waals surface area contributed by atoms with Gasteiger partial charge >= 0.3 is 0 Å². The van der Waals surface area contributed by atoms with Crippen molar-refractivity contribution < 1.29 is 4.21 Å². The summed E-state index contributed by atoms with van der Waals surface area (Å²) in [4.78, 5) is 3.88. The average molecular weight is 154 g/mol. The van der Waals surface area contributed by atoms with E-state index >= 15 is 0 Å². The molecule has 0 aromatic rings. The van der Waals surface area contributed by atoms with E-state index < -0.39 is 10.8 Å². The summed E-state index contributed by atoms with van der Waals surface area (Å²) in [6.45, 7) is 0. The number of allylic oxidation sites excluding steroid dienone is 1. The van der Waals surface area contributed by atoms with Gasteiger partial charge in [0.1, 0.15) is 0 Å². The van der Waals surface area contributed by atoms with Crippen molar-refractivity contribution >= 4 is 17.1 Å². The highest BCUT2D eigenvalue weighted by atomic mass is 32.2. The van der Waals surface area contributed by atoms with E-state index in [0.29, 0.717) is 5.75 Å². The third kappa shape index (κ3) is 0.806. The Morgan fingerprint density at radius 2 is 2.60 bits per heavy atom. The standard InChI is InChI=1S/C6H6N2OS/c9-10-2-5-1-7-4-8-6(5)3-10/h1,3-4H,2H2,(H,7,8). The molecule has 1 atom stereocenters. The molecule has 0 amide bonds. The number of nitrogens with zero attached hydrogens (tertiary/aromatic N) is 1. The van der Waals surface area contributed by atoms with Crippen LogP contribution in [0.3, 0.4) is 0 Å². The van der Waals surface area contributed by atoms with Crippen LogP contribution in [-0.2, 0) is 10.8 Å². The van der Waals surface area contributed by atoms with Crippen LogP contribution in [0.25, 0.3) is 0 Å². The molecule has 1 unspecified atom stereocenters. The van der Waals surface area contributed by atoms with Crippen molar-refractivity contribution in [3.05, 3.63) is 22.9 Å². The summed E-state index contributed by atoms with van der Waals surface area (Å²) >= 11 is 0. The zero-order valence-electron chi connectivity index (χ0n) is 5.20. The smallest absolute Gasteiger partial charge is 0.0923 e. The van der Waals surface area contributed by atoms with Crippen LogP contribution in [0.1, 0.15) is 0 Å². The second kappa shape index (κ2) is 2.05. The van der Waals surface area contributed by atoms with E-state index in [9.17, 15) is 4.21 Å². The largest absolute Gasteiger partial charge is 0.346 e. The molecule has 3 nitrogen and oxygen atoms in total. The van der Waals surface area contributed by atoms with E-state index in [4.69, 9.17) is 0 Å². The molecule has 0 fully saturated rings. The number of fused-ring (bicyclic) bond motifs is 1. The number of hydrogen-bond donors (Lipinski definition) is 1. The quantitative estimate of drug-likeness (QED) is 0.538. The first-order valence-electron chi connectivity index (χ1n) is 2.93. The summed E-state index contributed by atoms with van der Waals surface area (Å²) in [5.41, 5.74) is 1.99. The maximum atomic E-state index is 10.9. The van der Waals surface area contributed by atoms with Crippen molar-refractivity contribution in [3.8, 4) is 0 Å². The Labute approximate surface area is 61.0 Å². The summed E-state index contributed by atoms with van der Waals surface area (Å²) in [5.74, 6) is 0.611. The van der Waals surface area contributed by atoms with Gasteiger partial charge in [0.05, 0.1) is 28.6 Å². The normalized spacial score (nSPS) is 28.6. The highest BCUT2D eigenvalue weighted by molar-refractivity contribution is 7.88. The minimum absolute atomic E-state index is 0.611. The molecule has 0 bridgehead atoms. The maximum Gasteiger partial charge on any atom is 0.0923 e. The van der Waals surface area contributed by atoms with E-state index in [-0.39, 0.29) is 0 Å². The SMILES string of the molecule is O=S1C=C2NC=NC=C2C1. The molecule has 10 heavy (non-hydrogen) atoms. The van der Waals surface area contributed by atoms with Crippen LogP contribution in [-0.4, -0.2) is 16.3 Å². The minimum atomic E-state index is -0.816. The zero-order valence-corrected chi connectivity index (χ0v) is 6.02. The Balaban J connectivity index is 2.41. The highest BCUT2D eigenvalue weighted by Crippen LogP contribution is 2.18. The van der Waals surface area contributed by atoms with Crippen LogP contribution in [0.2, 0.25) is 0 Å². The first-order chi connectivity index (χ1) is 4.86. The Morgan fingerprint density at radius 1 is 1.70 bits per heavy atom. The van der Waals surface area contributed by atoms with Crippen molar-refractivity contribution in [3.63, 3.8) is 0 Å². The van der Waals surface area contributed by atoms with E-state index in [1.54, 1.807) is 17.9 Å². The summed E-state index contributed by atoms with van der Waals surface area (Å²) < 4.78 is 10.9. The molecule has 0 aliphatic carbocycles. The lowest BCUT2D eigenvalue weighted by atomic mass is 10.2. The Bertz CT molecular complexity index is 277. The predicted octanol–water partition coefficient (Wildman–Crippen LogP) is 0.105. The van der Waals surface area contributed by atoms with Crippen LogP contribution in [0.5, 0.6) is 0 Å². The van der Waals surface area contributed by atoms with Crippen molar-refractivity contribution in [2.24, 2.45) is 4.99 Å². The first-order valence-corrected chi connectivity index (χ1v) is 4.31. The van der Waals surface area contributed by atoms with E-state index in [0.717, 1.165) is 11.3 Å². The van der Waals surface area contributed by atoms with Crippen LogP contribution >= 0.6 is 0 Å². The fourth-order valence-corrected chi connectivity index (χ4v) is 2.05. The van der Waals surface area contributed by atoms with Gasteiger partial charge in [0, 0.05) is 17.2 Å². The number of nitrogens with one attached hydrogen (secondary N) is 1. The molecule has 0 radical (unpaired) electrons. The fraction of sp³-hybridized carbons (Fsp3) is 0.167. The van der Waals surface area contributed by atoms with Crippen molar-refractivity contribution in [1.82, 2.24) is 5.32 Å². The van der Waals surface area contributed by atoms with Crippen LogP contribution in [0.15, 0.2) is 27.9 Å². The second-order valence-electron chi connectivity index (χ2n) is 2.13. The Kier molecular flexibility index (Phi) is 1.20. The van der Waals surface area contributed by atoms with Gasteiger partial charge in [-0.3, -0.25) is 4.21 Å². The molecule has 2 aliphatic heterocycles. The maximum absolute atomic E-state index is 10.9. The molecule has 2 heterocycles. The van der Waals surface area contributed by atoms with Crippen molar-refractivity contribution in [1.29, 1.82) is 0 Å². The van der Waals surface area contributed by atoms with Gasteiger partial charge in [-0.1, -0.05) is 0 Å². The number of hydrogen-bond acceptors (Lipinski definition) is 3. The zero-order chi connectivity index (χ0) is 6.97. The van der Waals surface area contributed by atoms with Gasteiger partial charge in [0.15, 0.2) is 0 Å². The number of rotatable bonds is 0. The van der Waals surface area contributed by atoms with Gasteiger partial charge in [0.2, 0.25) is 0 Å². The lowest BCUT2D eigenvalue weighted by molar-refractivity contribution is 0.690. The van der Waals surface area contributed by atoms with Crippen molar-refractivity contribution in [2.75, 3.05) is 5.75 Å². The lowest BCUT2D eigenvalue weighted by Crippen LogP contribution is -2.13. The molecule has 2 aliphatic rings. The summed E-state index contributed by atoms with van der Waals surface area (Å²) in [6, 6.07) is 0. The molecule has 0 spiro atoms. The van der Waals surface area contributed by atoms with E-state index in [1.807, 2.05) is 0 Å². The van der Waals surface area contributed by atoms with Gasteiger partial charge < -0.3 is 5.32 Å². The average Bonchev–Trinajstić information content (AvgIpc) is 2.27. The molecular formula is C6H6N2OS. The monoisotopic (exact) mass is 154 g/mol. The Hall–Kier alpha value is -0.900. The van der Waals surface area contributed by atoms with Gasteiger partial charge in [-0.05, 0) is 0 Å². The molecule has 0 aromatic heterocycles. The topological polar surface area (TPSA) is 41.5 Å². The first kappa shape index (κ1) is 5.85. The third-order valence-corrected chi connectivity index (χ3v) is 2.51. The molecule has 0 aromatic carbocycles. The molecule has 52 valence electrons. The molecule has 2 rings (SSSR count). The fourth-order valence-electron chi connectivity index (χ4n) is 0.947. The molecular weight excluding hydrogens is 148 g/mol. The highest BCUT2D eigenvalue weighted by Gasteiger charge is 2.17. The lowest BCUT2D eigenvalue weighted by Gasteiger charge is -2.05. The number of aliphatic imine (C=N–C) groups is 1. The predicted molar refractivity (Wildman–Crippen MR) is 40.8 cm³/mol. The minimum Gasteiger partial charge on any atom is -0.346 e. The van der Waals surface area contributed by atoms with E-state index in [1.165, 1.54) is 0 Å². The third-order valence-electron chi connectivity index (χ3n) is 1.42. The van der Waals surface area contributed by atoms with Crippen LogP contribution in [0, 0.1) is 0 Å². The summed E-state index contributed by atoms with van der Waals surface area (Å²) in [5, 5.41) is 4.64.